The van der Waals surface area contributed by atoms with E-state index in [4.69, 9.17) is 0 Å². The fourth-order valence-electron chi connectivity index (χ4n) is 1.16. The second-order valence-corrected chi connectivity index (χ2v) is 4.77. The SMILES string of the molecule is O=Cc1cccnc1-n1cnc(I)c1I. The number of aromatic nitrogens is 3. The summed E-state index contributed by atoms with van der Waals surface area (Å²) in [7, 11) is 0. The summed E-state index contributed by atoms with van der Waals surface area (Å²) in [5.74, 6) is 0.618. The molecule has 2 aromatic heterocycles. The molecule has 0 unspecified atom stereocenters. The molecule has 2 heterocycles. The molecule has 15 heavy (non-hydrogen) atoms. The molecule has 0 saturated carbocycles. The van der Waals surface area contributed by atoms with Crippen LogP contribution in [0.5, 0.6) is 0 Å². The molecule has 0 N–H and O–H groups in total. The molecule has 6 heteroatoms. The largest absolute Gasteiger partial charge is 0.298 e. The topological polar surface area (TPSA) is 47.8 Å². The van der Waals surface area contributed by atoms with Crippen LogP contribution in [-0.2, 0) is 0 Å². The van der Waals surface area contributed by atoms with Crippen molar-refractivity contribution >= 4 is 51.5 Å². The number of halogens is 2. The Balaban J connectivity index is 2.63. The lowest BCUT2D eigenvalue weighted by Crippen LogP contribution is -2.02. The molecule has 76 valence electrons. The first-order chi connectivity index (χ1) is 7.24. The van der Waals surface area contributed by atoms with E-state index in [1.807, 2.05) is 0 Å². The number of hydrogen-bond acceptors (Lipinski definition) is 3. The number of aldehydes is 1. The molecule has 0 atom stereocenters. The van der Waals surface area contributed by atoms with Crippen molar-refractivity contribution in [2.24, 2.45) is 0 Å². The molecule has 4 nitrogen and oxygen atoms in total. The monoisotopic (exact) mass is 425 g/mol. The van der Waals surface area contributed by atoms with Gasteiger partial charge in [0.25, 0.3) is 0 Å². The van der Waals surface area contributed by atoms with Crippen LogP contribution in [0.1, 0.15) is 10.4 Å². The van der Waals surface area contributed by atoms with Crippen LogP contribution >= 0.6 is 45.2 Å². The van der Waals surface area contributed by atoms with Gasteiger partial charge in [0, 0.05) is 6.20 Å². The molecule has 0 aliphatic rings. The fraction of sp³-hybridized carbons (Fsp3) is 0. The van der Waals surface area contributed by atoms with Gasteiger partial charge in [-0.3, -0.25) is 9.36 Å². The lowest BCUT2D eigenvalue weighted by atomic mass is 10.3. The second kappa shape index (κ2) is 4.56. The first-order valence-corrected chi connectivity index (χ1v) is 6.18. The van der Waals surface area contributed by atoms with Crippen molar-refractivity contribution in [3.63, 3.8) is 0 Å². The average molecular weight is 425 g/mol. The lowest BCUT2D eigenvalue weighted by molar-refractivity contribution is 0.112. The maximum Gasteiger partial charge on any atom is 0.153 e. The third-order valence-electron chi connectivity index (χ3n) is 1.84. The highest BCUT2D eigenvalue weighted by molar-refractivity contribution is 14.1. The van der Waals surface area contributed by atoms with Gasteiger partial charge in [-0.25, -0.2) is 9.97 Å². The summed E-state index contributed by atoms with van der Waals surface area (Å²) in [5, 5.41) is 0. The predicted octanol–water partition coefficient (Wildman–Crippen LogP) is 2.29. The van der Waals surface area contributed by atoms with Crippen LogP contribution in [0.3, 0.4) is 0 Å². The van der Waals surface area contributed by atoms with E-state index in [2.05, 4.69) is 55.1 Å². The molecular weight excluding hydrogens is 420 g/mol. The van der Waals surface area contributed by atoms with Crippen molar-refractivity contribution in [2.45, 2.75) is 0 Å². The Bertz CT molecular complexity index is 510. The van der Waals surface area contributed by atoms with Gasteiger partial charge in [0.1, 0.15) is 19.5 Å². The quantitative estimate of drug-likeness (QED) is 0.549. The normalized spacial score (nSPS) is 10.3. The Labute approximate surface area is 113 Å². The standard InChI is InChI=1S/C9H5I2N3O/c10-7-8(11)14(5-13-7)9-6(4-15)2-1-3-12-9/h1-5H. The Hall–Kier alpha value is -0.510. The van der Waals surface area contributed by atoms with Crippen LogP contribution in [0.15, 0.2) is 24.7 Å². The van der Waals surface area contributed by atoms with Gasteiger partial charge in [0.15, 0.2) is 6.29 Å². The smallest absolute Gasteiger partial charge is 0.153 e. The van der Waals surface area contributed by atoms with Gasteiger partial charge in [-0.2, -0.15) is 0 Å². The number of rotatable bonds is 2. The van der Waals surface area contributed by atoms with Crippen molar-refractivity contribution < 1.29 is 4.79 Å². The summed E-state index contributed by atoms with van der Waals surface area (Å²) in [4.78, 5) is 19.2. The van der Waals surface area contributed by atoms with Crippen LogP contribution in [0.4, 0.5) is 0 Å². The maximum atomic E-state index is 10.8. The summed E-state index contributed by atoms with van der Waals surface area (Å²) >= 11 is 4.31. The molecule has 0 spiro atoms. The van der Waals surface area contributed by atoms with Crippen molar-refractivity contribution in [3.05, 3.63) is 37.6 Å². The van der Waals surface area contributed by atoms with Crippen molar-refractivity contribution in [2.75, 3.05) is 0 Å². The van der Waals surface area contributed by atoms with Gasteiger partial charge in [-0.05, 0) is 57.3 Å². The first-order valence-electron chi connectivity index (χ1n) is 4.03. The Morgan fingerprint density at radius 3 is 2.73 bits per heavy atom. The van der Waals surface area contributed by atoms with Gasteiger partial charge in [0.05, 0.1) is 5.56 Å². The van der Waals surface area contributed by atoms with Crippen LogP contribution in [0, 0.1) is 7.40 Å². The minimum Gasteiger partial charge on any atom is -0.298 e. The summed E-state index contributed by atoms with van der Waals surface area (Å²) < 4.78 is 3.65. The molecule has 0 amide bonds. The zero-order valence-electron chi connectivity index (χ0n) is 7.39. The molecule has 0 aromatic carbocycles. The highest BCUT2D eigenvalue weighted by atomic mass is 127. The molecule has 2 aromatic rings. The van der Waals surface area contributed by atoms with Crippen LogP contribution in [0.2, 0.25) is 0 Å². The number of hydrogen-bond donors (Lipinski definition) is 0. The molecular formula is C9H5I2N3O. The first kappa shape index (κ1) is 11.0. The summed E-state index contributed by atoms with van der Waals surface area (Å²) in [6, 6.07) is 3.47. The zero-order chi connectivity index (χ0) is 10.8. The summed E-state index contributed by atoms with van der Waals surface area (Å²) in [6.07, 6.45) is 4.12. The molecule has 0 radical (unpaired) electrons. The van der Waals surface area contributed by atoms with E-state index in [9.17, 15) is 4.79 Å². The second-order valence-electron chi connectivity index (χ2n) is 2.73. The van der Waals surface area contributed by atoms with E-state index in [-0.39, 0.29) is 0 Å². The molecule has 2 rings (SSSR count). The molecule has 0 saturated heterocycles. The Morgan fingerprint density at radius 2 is 2.13 bits per heavy atom. The van der Waals surface area contributed by atoms with Crippen LogP contribution in [0.25, 0.3) is 5.82 Å². The zero-order valence-corrected chi connectivity index (χ0v) is 11.7. The Morgan fingerprint density at radius 1 is 1.33 bits per heavy atom. The lowest BCUT2D eigenvalue weighted by Gasteiger charge is -2.04. The summed E-state index contributed by atoms with van der Waals surface area (Å²) in [6.45, 7) is 0. The highest BCUT2D eigenvalue weighted by Crippen LogP contribution is 2.18. The van der Waals surface area contributed by atoms with E-state index in [0.29, 0.717) is 11.4 Å². The van der Waals surface area contributed by atoms with Gasteiger partial charge < -0.3 is 0 Å². The predicted molar refractivity (Wildman–Crippen MR) is 72.2 cm³/mol. The van der Waals surface area contributed by atoms with Crippen molar-refractivity contribution in [3.8, 4) is 5.82 Å². The number of carbonyl (C=O) groups excluding carboxylic acids is 1. The van der Waals surface area contributed by atoms with Gasteiger partial charge in [-0.15, -0.1) is 0 Å². The minimum absolute atomic E-state index is 0.559. The number of pyridine rings is 1. The van der Waals surface area contributed by atoms with Crippen molar-refractivity contribution in [1.29, 1.82) is 0 Å². The maximum absolute atomic E-state index is 10.8. The van der Waals surface area contributed by atoms with Crippen molar-refractivity contribution in [1.82, 2.24) is 14.5 Å². The van der Waals surface area contributed by atoms with Crippen LogP contribution < -0.4 is 0 Å². The minimum atomic E-state index is 0.559. The number of nitrogens with zero attached hydrogens (tertiary/aromatic N) is 3. The molecule has 0 fully saturated rings. The van der Waals surface area contributed by atoms with Gasteiger partial charge in [0.2, 0.25) is 0 Å². The molecule has 0 aliphatic heterocycles. The summed E-state index contributed by atoms with van der Waals surface area (Å²) in [5.41, 5.74) is 0.559. The molecule has 0 aliphatic carbocycles. The number of carbonyl (C=O) groups is 1. The Kier molecular flexibility index (Phi) is 3.34. The van der Waals surface area contributed by atoms with Gasteiger partial charge >= 0.3 is 0 Å². The van der Waals surface area contributed by atoms with E-state index >= 15 is 0 Å². The fourth-order valence-corrected chi connectivity index (χ4v) is 2.04. The average Bonchev–Trinajstić information content (AvgIpc) is 2.60. The van der Waals surface area contributed by atoms with Crippen LogP contribution in [-0.4, -0.2) is 20.8 Å². The third kappa shape index (κ3) is 2.05. The third-order valence-corrected chi connectivity index (χ3v) is 4.69. The van der Waals surface area contributed by atoms with E-state index in [1.165, 1.54) is 0 Å². The highest BCUT2D eigenvalue weighted by Gasteiger charge is 2.10. The molecule has 0 bridgehead atoms. The van der Waals surface area contributed by atoms with E-state index < -0.39 is 0 Å². The van der Waals surface area contributed by atoms with E-state index in [0.717, 1.165) is 13.7 Å². The van der Waals surface area contributed by atoms with Gasteiger partial charge in [-0.1, -0.05) is 0 Å². The number of imidazole rings is 1. The van der Waals surface area contributed by atoms with E-state index in [1.54, 1.807) is 29.2 Å².